The zero-order chi connectivity index (χ0) is 34.7. The lowest BCUT2D eigenvalue weighted by atomic mass is 10.1. The maximum atomic E-state index is 13.8. The second-order valence-corrected chi connectivity index (χ2v) is 10.9. The van der Waals surface area contributed by atoms with E-state index in [9.17, 15) is 24.6 Å². The van der Waals surface area contributed by atoms with Gasteiger partial charge in [-0.3, -0.25) is 19.3 Å². The summed E-state index contributed by atoms with van der Waals surface area (Å²) in [4.78, 5) is 40.1. The molecule has 1 aliphatic rings. The number of anilines is 1. The number of benzene rings is 4. The number of nitrogens with zero attached hydrogens (tertiary/aromatic N) is 1. The van der Waals surface area contributed by atoms with Crippen LogP contribution in [0, 0.1) is 11.8 Å². The highest BCUT2D eigenvalue weighted by Crippen LogP contribution is 2.46. The Morgan fingerprint density at radius 3 is 2.42 bits per heavy atom. The van der Waals surface area contributed by atoms with Crippen molar-refractivity contribution < 1.29 is 31.5 Å². The summed E-state index contributed by atoms with van der Waals surface area (Å²) in [5.41, 5.74) is 7.91. The van der Waals surface area contributed by atoms with E-state index < -0.39 is 46.7 Å². The number of hydrogen-bond acceptors (Lipinski definition) is 6. The molecule has 8 nitrogen and oxygen atoms in total. The number of phenols is 2. The molecule has 1 saturated heterocycles. The molecule has 0 radical (unpaired) electrons. The third-order valence-electron chi connectivity index (χ3n) is 6.62. The van der Waals surface area contributed by atoms with Crippen molar-refractivity contribution in [2.45, 2.75) is 23.5 Å². The molecule has 5 N–H and O–H groups in total. The molecule has 1 heterocycles. The Bertz CT molecular complexity index is 1970. The summed E-state index contributed by atoms with van der Waals surface area (Å²) in [5.74, 6) is 3.68. The molecule has 0 unspecified atom stereocenters. The van der Waals surface area contributed by atoms with E-state index in [0.717, 1.165) is 0 Å². The van der Waals surface area contributed by atoms with Crippen LogP contribution in [0.1, 0.15) is 51.3 Å². The van der Waals surface area contributed by atoms with Gasteiger partial charge in [0, 0.05) is 35.3 Å². The highest BCUT2D eigenvalue weighted by atomic mass is 32.2. The standard InChI is InChI=1S/C34H29N3O5S/c35-32(41)26-7-4-8-27(20-26)37-33(42)30(21-31(40)36-18-17-24-13-16-28(38)29(39)19-24)43-34(37)25-14-11-23(12-15-25)10-9-22-5-2-1-3-6-22/h1-8,11-16,19-20,30,34,38-39H,17-18,21H2,(H2,35,41)(H,36,40)/t30-,34+/m1/s1/i1D,2D,3D,5D,6D. The predicted octanol–water partition coefficient (Wildman–Crippen LogP) is 4.49. The number of thioether (sulfide) groups is 1. The molecule has 9 heteroatoms. The topological polar surface area (TPSA) is 133 Å². The minimum Gasteiger partial charge on any atom is -0.504 e. The van der Waals surface area contributed by atoms with Crippen molar-refractivity contribution in [3.05, 3.63) is 125 Å². The van der Waals surface area contributed by atoms with Gasteiger partial charge in [-0.25, -0.2) is 0 Å². The van der Waals surface area contributed by atoms with Crippen molar-refractivity contribution in [2.75, 3.05) is 11.4 Å². The van der Waals surface area contributed by atoms with Gasteiger partial charge in [0.25, 0.3) is 0 Å². The highest BCUT2D eigenvalue weighted by molar-refractivity contribution is 8.01. The zero-order valence-electron chi connectivity index (χ0n) is 27.7. The van der Waals surface area contributed by atoms with Gasteiger partial charge in [-0.05, 0) is 72.1 Å². The number of aromatic hydroxyl groups is 2. The fourth-order valence-corrected chi connectivity index (χ4v) is 5.92. The van der Waals surface area contributed by atoms with Crippen molar-refractivity contribution in [2.24, 2.45) is 5.73 Å². The van der Waals surface area contributed by atoms with Crippen LogP contribution in [0.3, 0.4) is 0 Å². The first-order valence-electron chi connectivity index (χ1n) is 15.7. The average Bonchev–Trinajstić information content (AvgIpc) is 3.39. The van der Waals surface area contributed by atoms with Crippen LogP contribution >= 0.6 is 11.8 Å². The molecule has 0 bridgehead atoms. The van der Waals surface area contributed by atoms with E-state index in [2.05, 4.69) is 17.2 Å². The number of hydrogen-bond donors (Lipinski definition) is 4. The average molecular weight is 597 g/mol. The number of primary amides is 1. The van der Waals surface area contributed by atoms with Crippen molar-refractivity contribution in [1.29, 1.82) is 0 Å². The van der Waals surface area contributed by atoms with E-state index in [1.54, 1.807) is 42.5 Å². The fraction of sp³-hybridized carbons (Fsp3) is 0.147. The molecular weight excluding hydrogens is 562 g/mol. The smallest absolute Gasteiger partial charge is 0.248 e. The Labute approximate surface area is 260 Å². The van der Waals surface area contributed by atoms with Gasteiger partial charge in [-0.1, -0.05) is 54.2 Å². The molecule has 3 amide bonds. The van der Waals surface area contributed by atoms with Gasteiger partial charge in [-0.2, -0.15) is 0 Å². The number of phenolic OH excluding ortho intramolecular Hbond substituents is 2. The van der Waals surface area contributed by atoms with Crippen LogP contribution in [0.4, 0.5) is 5.69 Å². The third kappa shape index (κ3) is 7.18. The van der Waals surface area contributed by atoms with E-state index >= 15 is 0 Å². The first kappa shape index (κ1) is 23.4. The number of nitrogens with two attached hydrogens (primary N) is 1. The maximum absolute atomic E-state index is 13.8. The summed E-state index contributed by atoms with van der Waals surface area (Å²) in [7, 11) is 0. The van der Waals surface area contributed by atoms with E-state index in [1.165, 1.54) is 40.9 Å². The van der Waals surface area contributed by atoms with Crippen LogP contribution in [-0.2, 0) is 16.0 Å². The summed E-state index contributed by atoms with van der Waals surface area (Å²) in [6.07, 6.45) is 0.278. The molecule has 0 spiro atoms. The summed E-state index contributed by atoms with van der Waals surface area (Å²) in [5, 5.41) is 20.7. The van der Waals surface area contributed by atoms with Crippen molar-refractivity contribution >= 4 is 35.2 Å². The fourth-order valence-electron chi connectivity index (χ4n) is 4.47. The lowest BCUT2D eigenvalue weighted by molar-refractivity contribution is -0.124. The molecule has 43 heavy (non-hydrogen) atoms. The van der Waals surface area contributed by atoms with Crippen LogP contribution in [0.15, 0.2) is 96.9 Å². The Morgan fingerprint density at radius 1 is 0.953 bits per heavy atom. The molecule has 0 saturated carbocycles. The maximum Gasteiger partial charge on any atom is 0.248 e. The molecule has 216 valence electrons. The molecule has 5 rings (SSSR count). The van der Waals surface area contributed by atoms with Gasteiger partial charge in [0.15, 0.2) is 11.5 Å². The van der Waals surface area contributed by atoms with E-state index in [-0.39, 0.29) is 47.4 Å². The van der Waals surface area contributed by atoms with Gasteiger partial charge in [0.1, 0.15) is 5.37 Å². The Balaban J connectivity index is 1.36. The second kappa shape index (κ2) is 13.2. The predicted molar refractivity (Wildman–Crippen MR) is 167 cm³/mol. The lowest BCUT2D eigenvalue weighted by Crippen LogP contribution is -2.34. The van der Waals surface area contributed by atoms with Crippen LogP contribution in [0.5, 0.6) is 11.5 Å². The van der Waals surface area contributed by atoms with Gasteiger partial charge >= 0.3 is 0 Å². The molecule has 1 fully saturated rings. The molecule has 0 aliphatic carbocycles. The minimum absolute atomic E-state index is 0.117. The lowest BCUT2D eigenvalue weighted by Gasteiger charge is -2.24. The Morgan fingerprint density at radius 2 is 1.70 bits per heavy atom. The van der Waals surface area contributed by atoms with Crippen molar-refractivity contribution in [3.8, 4) is 23.3 Å². The number of nitrogens with one attached hydrogen (secondary N) is 1. The van der Waals surface area contributed by atoms with Gasteiger partial charge in [-0.15, -0.1) is 11.8 Å². The number of amides is 3. The van der Waals surface area contributed by atoms with Gasteiger partial charge in [0.05, 0.1) is 12.1 Å². The normalized spacial score (nSPS) is 17.5. The molecule has 4 aromatic carbocycles. The van der Waals surface area contributed by atoms with Crippen LogP contribution < -0.4 is 16.0 Å². The number of rotatable bonds is 8. The van der Waals surface area contributed by atoms with Crippen LogP contribution in [0.25, 0.3) is 0 Å². The number of carbonyl (C=O) groups is 3. The van der Waals surface area contributed by atoms with Crippen LogP contribution in [-0.4, -0.2) is 39.7 Å². The third-order valence-corrected chi connectivity index (χ3v) is 8.06. The van der Waals surface area contributed by atoms with E-state index in [4.69, 9.17) is 12.6 Å². The molecule has 2 atom stereocenters. The summed E-state index contributed by atoms with van der Waals surface area (Å²) < 4.78 is 39.6. The Hall–Kier alpha value is -5.20. The summed E-state index contributed by atoms with van der Waals surface area (Å²) in [6.45, 7) is 0.244. The van der Waals surface area contributed by atoms with E-state index in [1.807, 2.05) is 0 Å². The summed E-state index contributed by atoms with van der Waals surface area (Å²) >= 11 is 1.27. The largest absolute Gasteiger partial charge is 0.504 e. The highest BCUT2D eigenvalue weighted by Gasteiger charge is 2.42. The van der Waals surface area contributed by atoms with E-state index in [0.29, 0.717) is 28.8 Å². The summed E-state index contributed by atoms with van der Waals surface area (Å²) in [6, 6.07) is 15.4. The zero-order valence-corrected chi connectivity index (χ0v) is 23.5. The Kier molecular flexibility index (Phi) is 7.17. The minimum atomic E-state index is -0.756. The first-order valence-corrected chi connectivity index (χ1v) is 14.1. The second-order valence-electron chi connectivity index (χ2n) is 9.60. The first-order chi connectivity index (χ1) is 22.8. The number of carbonyl (C=O) groups excluding carboxylic acids is 3. The van der Waals surface area contributed by atoms with Crippen molar-refractivity contribution in [1.82, 2.24) is 5.32 Å². The van der Waals surface area contributed by atoms with Gasteiger partial charge < -0.3 is 21.3 Å². The quantitative estimate of drug-likeness (QED) is 0.175. The molecular formula is C34H29N3O5S. The van der Waals surface area contributed by atoms with Gasteiger partial charge in [0.2, 0.25) is 17.7 Å². The molecule has 0 aromatic heterocycles. The SMILES string of the molecule is [2H]c1c([2H])c([2H])c(C#Cc2ccc([C@@H]3S[C@H](CC(=O)NCCc4ccc(O)c(O)c4)C(=O)N3c3cccc(C(N)=O)c3)cc2)c([2H])c1[2H]. The van der Waals surface area contributed by atoms with Crippen LogP contribution in [0.2, 0.25) is 0 Å². The van der Waals surface area contributed by atoms with Crippen molar-refractivity contribution in [3.63, 3.8) is 0 Å². The molecule has 4 aromatic rings. The monoisotopic (exact) mass is 596 g/mol. The molecule has 1 aliphatic heterocycles.